The second-order valence-electron chi connectivity index (χ2n) is 8.21. The van der Waals surface area contributed by atoms with Crippen LogP contribution in [0.3, 0.4) is 0 Å². The maximum atomic E-state index is 13.2. The van der Waals surface area contributed by atoms with Crippen LogP contribution in [0, 0.1) is 20.8 Å². The average molecular weight is 483 g/mol. The van der Waals surface area contributed by atoms with Crippen molar-refractivity contribution in [3.8, 4) is 11.5 Å². The second kappa shape index (κ2) is 10.2. The van der Waals surface area contributed by atoms with Crippen LogP contribution in [-0.4, -0.2) is 28.5 Å². The highest BCUT2D eigenvalue weighted by atomic mass is 32.2. The molecule has 0 radical (unpaired) electrons. The van der Waals surface area contributed by atoms with Crippen molar-refractivity contribution in [3.05, 3.63) is 82.4 Å². The summed E-state index contributed by atoms with van der Waals surface area (Å²) in [7, 11) is -0.782. The van der Waals surface area contributed by atoms with Gasteiger partial charge in [0.05, 0.1) is 30.8 Å². The predicted octanol–water partition coefficient (Wildman–Crippen LogP) is 4.92. The quantitative estimate of drug-likeness (QED) is 0.475. The molecule has 0 heterocycles. The van der Waals surface area contributed by atoms with Gasteiger partial charge >= 0.3 is 0 Å². The second-order valence-corrected chi connectivity index (χ2v) is 9.86. The van der Waals surface area contributed by atoms with Crippen LogP contribution in [0.25, 0.3) is 0 Å². The molecule has 1 amide bonds. The van der Waals surface area contributed by atoms with Gasteiger partial charge in [0, 0.05) is 11.1 Å². The van der Waals surface area contributed by atoms with E-state index in [1.165, 1.54) is 6.07 Å². The minimum atomic E-state index is -3.90. The monoisotopic (exact) mass is 482 g/mol. The van der Waals surface area contributed by atoms with Crippen LogP contribution >= 0.6 is 0 Å². The van der Waals surface area contributed by atoms with Gasteiger partial charge in [0.2, 0.25) is 0 Å². The summed E-state index contributed by atoms with van der Waals surface area (Å²) in [6.45, 7) is 7.31. The van der Waals surface area contributed by atoms with Gasteiger partial charge in [-0.1, -0.05) is 23.8 Å². The van der Waals surface area contributed by atoms with Gasteiger partial charge in [-0.05, 0) is 75.2 Å². The van der Waals surface area contributed by atoms with Gasteiger partial charge in [-0.15, -0.1) is 0 Å². The number of sulfonamides is 1. The summed E-state index contributed by atoms with van der Waals surface area (Å²) in [6.07, 6.45) is 0. The molecule has 3 rings (SSSR count). The van der Waals surface area contributed by atoms with Crippen molar-refractivity contribution >= 4 is 21.6 Å². The number of benzene rings is 3. The largest absolute Gasteiger partial charge is 0.497 e. The van der Waals surface area contributed by atoms with Crippen LogP contribution in [0.2, 0.25) is 0 Å². The number of amides is 1. The SMILES string of the molecule is COc1ccc(OC)c([C@@H](C)NC(=O)c2ccc(C)c(S(=O)(=O)Nc3ccc(C)cc3C)c2)c1. The van der Waals surface area contributed by atoms with Gasteiger partial charge in [-0.3, -0.25) is 9.52 Å². The lowest BCUT2D eigenvalue weighted by atomic mass is 10.1. The molecule has 0 spiro atoms. The predicted molar refractivity (Wildman–Crippen MR) is 133 cm³/mol. The number of hydrogen-bond donors (Lipinski definition) is 2. The molecule has 7 nitrogen and oxygen atoms in total. The Balaban J connectivity index is 1.87. The summed E-state index contributed by atoms with van der Waals surface area (Å²) in [6, 6.07) is 15.0. The van der Waals surface area contributed by atoms with E-state index in [0.29, 0.717) is 22.7 Å². The van der Waals surface area contributed by atoms with Crippen molar-refractivity contribution in [3.63, 3.8) is 0 Å². The molecular formula is C26H30N2O5S. The number of nitrogens with one attached hydrogen (secondary N) is 2. The molecule has 3 aromatic rings. The van der Waals surface area contributed by atoms with Gasteiger partial charge in [-0.2, -0.15) is 0 Å². The zero-order valence-corrected chi connectivity index (χ0v) is 21.0. The first-order valence-electron chi connectivity index (χ1n) is 10.8. The Hall–Kier alpha value is -3.52. The normalized spacial score (nSPS) is 12.1. The highest BCUT2D eigenvalue weighted by molar-refractivity contribution is 7.92. The topological polar surface area (TPSA) is 93.7 Å². The van der Waals surface area contributed by atoms with E-state index in [1.54, 1.807) is 57.5 Å². The Morgan fingerprint density at radius 1 is 0.882 bits per heavy atom. The maximum Gasteiger partial charge on any atom is 0.262 e. The molecule has 0 bridgehead atoms. The Kier molecular flexibility index (Phi) is 7.51. The lowest BCUT2D eigenvalue weighted by Crippen LogP contribution is -2.27. The molecule has 0 saturated carbocycles. The molecule has 3 aromatic carbocycles. The van der Waals surface area contributed by atoms with Crippen LogP contribution in [0.15, 0.2) is 59.5 Å². The molecule has 8 heteroatoms. The molecule has 0 aliphatic rings. The summed E-state index contributed by atoms with van der Waals surface area (Å²) in [5, 5.41) is 2.91. The van der Waals surface area contributed by atoms with Crippen molar-refractivity contribution in [1.82, 2.24) is 5.32 Å². The van der Waals surface area contributed by atoms with Crippen LogP contribution in [0.1, 0.15) is 45.6 Å². The first-order valence-corrected chi connectivity index (χ1v) is 12.3. The Bertz CT molecular complexity index is 1320. The van der Waals surface area contributed by atoms with E-state index in [9.17, 15) is 13.2 Å². The molecule has 0 saturated heterocycles. The van der Waals surface area contributed by atoms with Crippen molar-refractivity contribution in [1.29, 1.82) is 0 Å². The Morgan fingerprint density at radius 2 is 1.62 bits per heavy atom. The third-order valence-electron chi connectivity index (χ3n) is 5.62. The molecule has 0 aliphatic heterocycles. The number of aryl methyl sites for hydroxylation is 3. The molecule has 0 aromatic heterocycles. The molecule has 1 atom stereocenters. The summed E-state index contributed by atoms with van der Waals surface area (Å²) in [5.74, 6) is 0.844. The van der Waals surface area contributed by atoms with E-state index in [4.69, 9.17) is 9.47 Å². The third-order valence-corrected chi connectivity index (χ3v) is 7.12. The number of carbonyl (C=O) groups is 1. The van der Waals surface area contributed by atoms with Crippen molar-refractivity contribution in [2.45, 2.75) is 38.6 Å². The van der Waals surface area contributed by atoms with E-state index in [0.717, 1.165) is 16.7 Å². The van der Waals surface area contributed by atoms with Gasteiger partial charge in [-0.25, -0.2) is 8.42 Å². The average Bonchev–Trinajstić information content (AvgIpc) is 2.80. The number of ether oxygens (including phenoxy) is 2. The number of methoxy groups -OCH3 is 2. The highest BCUT2D eigenvalue weighted by Gasteiger charge is 2.22. The Morgan fingerprint density at radius 3 is 2.26 bits per heavy atom. The number of hydrogen-bond acceptors (Lipinski definition) is 5. The van der Waals surface area contributed by atoms with Crippen LogP contribution < -0.4 is 19.5 Å². The lowest BCUT2D eigenvalue weighted by molar-refractivity contribution is 0.0939. The standard InChI is InChI=1S/C26H30N2O5S/c1-16-7-11-23(18(3)13-16)28-34(30,31)25-14-20(9-8-17(25)2)26(29)27-19(4)22-15-21(32-5)10-12-24(22)33-6/h7-15,19,28H,1-6H3,(H,27,29)/t19-/m1/s1. The van der Waals surface area contributed by atoms with E-state index in [-0.39, 0.29) is 10.5 Å². The van der Waals surface area contributed by atoms with Gasteiger partial charge in [0.1, 0.15) is 11.5 Å². The summed E-state index contributed by atoms with van der Waals surface area (Å²) >= 11 is 0. The highest BCUT2D eigenvalue weighted by Crippen LogP contribution is 2.30. The summed E-state index contributed by atoms with van der Waals surface area (Å²) in [4.78, 5) is 13.1. The minimum Gasteiger partial charge on any atom is -0.497 e. The Labute approximate surface area is 201 Å². The minimum absolute atomic E-state index is 0.0479. The zero-order valence-electron chi connectivity index (χ0n) is 20.2. The lowest BCUT2D eigenvalue weighted by Gasteiger charge is -2.19. The number of anilines is 1. The fraction of sp³-hybridized carbons (Fsp3) is 0.269. The van der Waals surface area contributed by atoms with Crippen LogP contribution in [0.4, 0.5) is 5.69 Å². The van der Waals surface area contributed by atoms with Crippen LogP contribution in [-0.2, 0) is 10.0 Å². The molecule has 0 fully saturated rings. The molecule has 180 valence electrons. The summed E-state index contributed by atoms with van der Waals surface area (Å²) < 4.78 is 39.7. The van der Waals surface area contributed by atoms with E-state index >= 15 is 0 Å². The zero-order chi connectivity index (χ0) is 25.0. The smallest absolute Gasteiger partial charge is 0.262 e. The number of rotatable bonds is 8. The fourth-order valence-corrected chi connectivity index (χ4v) is 5.10. The first-order chi connectivity index (χ1) is 16.1. The van der Waals surface area contributed by atoms with Crippen molar-refractivity contribution in [2.75, 3.05) is 18.9 Å². The van der Waals surface area contributed by atoms with Gasteiger partial charge in [0.15, 0.2) is 0 Å². The van der Waals surface area contributed by atoms with Gasteiger partial charge < -0.3 is 14.8 Å². The molecule has 0 aliphatic carbocycles. The molecular weight excluding hydrogens is 452 g/mol. The van der Waals surface area contributed by atoms with E-state index in [2.05, 4.69) is 10.0 Å². The van der Waals surface area contributed by atoms with E-state index < -0.39 is 22.0 Å². The molecule has 2 N–H and O–H groups in total. The summed E-state index contributed by atoms with van der Waals surface area (Å²) in [5.41, 5.74) is 3.87. The van der Waals surface area contributed by atoms with Crippen LogP contribution in [0.5, 0.6) is 11.5 Å². The fourth-order valence-electron chi connectivity index (χ4n) is 3.69. The maximum absolute atomic E-state index is 13.2. The number of carbonyl (C=O) groups excluding carboxylic acids is 1. The van der Waals surface area contributed by atoms with Crippen molar-refractivity contribution < 1.29 is 22.7 Å². The molecule has 34 heavy (non-hydrogen) atoms. The third kappa shape index (κ3) is 5.51. The molecule has 0 unspecified atom stereocenters. The van der Waals surface area contributed by atoms with Crippen molar-refractivity contribution in [2.24, 2.45) is 0 Å². The van der Waals surface area contributed by atoms with E-state index in [1.807, 2.05) is 32.9 Å². The first kappa shape index (κ1) is 25.1. The van der Waals surface area contributed by atoms with Gasteiger partial charge in [0.25, 0.3) is 15.9 Å².